The summed E-state index contributed by atoms with van der Waals surface area (Å²) in [6.07, 6.45) is 1.01. The number of carbonyl (C=O) groups excluding carboxylic acids is 1. The van der Waals surface area contributed by atoms with Gasteiger partial charge in [0, 0.05) is 18.7 Å². The van der Waals surface area contributed by atoms with Gasteiger partial charge in [-0.1, -0.05) is 11.6 Å². The number of likely N-dealkylation sites (tertiary alicyclic amines) is 1. The van der Waals surface area contributed by atoms with E-state index < -0.39 is 11.1 Å². The van der Waals surface area contributed by atoms with Crippen LogP contribution in [0.25, 0.3) is 0 Å². The maximum atomic E-state index is 11.8. The van der Waals surface area contributed by atoms with Gasteiger partial charge < -0.3 is 9.45 Å². The van der Waals surface area contributed by atoms with Gasteiger partial charge in [0.05, 0.1) is 9.92 Å². The van der Waals surface area contributed by atoms with Gasteiger partial charge in [0.2, 0.25) is 0 Å². The molecular weight excluding hydrogens is 250 g/mol. The SMILES string of the molecule is O=C(c1ccc(Cl)c(S(=O)O)c1)N1CCC1. The highest BCUT2D eigenvalue weighted by Gasteiger charge is 2.22. The number of benzene rings is 1. The Bertz CT molecular complexity index is 459. The lowest BCUT2D eigenvalue weighted by molar-refractivity contribution is 0.0651. The lowest BCUT2D eigenvalue weighted by Gasteiger charge is -2.31. The molecule has 0 aromatic heterocycles. The molecule has 0 saturated carbocycles. The molecule has 0 aliphatic carbocycles. The highest BCUT2D eigenvalue weighted by atomic mass is 35.5. The molecule has 4 nitrogen and oxygen atoms in total. The van der Waals surface area contributed by atoms with E-state index in [0.29, 0.717) is 5.56 Å². The number of hydrogen-bond donors (Lipinski definition) is 1. The van der Waals surface area contributed by atoms with Crippen LogP contribution < -0.4 is 0 Å². The van der Waals surface area contributed by atoms with Crippen LogP contribution in [0.4, 0.5) is 0 Å². The second-order valence-electron chi connectivity index (χ2n) is 3.54. The largest absolute Gasteiger partial charge is 0.339 e. The molecular formula is C10H10ClNO3S. The van der Waals surface area contributed by atoms with Crippen LogP contribution in [0.5, 0.6) is 0 Å². The van der Waals surface area contributed by atoms with E-state index in [4.69, 9.17) is 16.2 Å². The lowest BCUT2D eigenvalue weighted by atomic mass is 10.1. The molecule has 16 heavy (non-hydrogen) atoms. The van der Waals surface area contributed by atoms with Crippen LogP contribution in [0.1, 0.15) is 16.8 Å². The van der Waals surface area contributed by atoms with Crippen molar-refractivity contribution < 1.29 is 13.6 Å². The first kappa shape index (κ1) is 11.6. The summed E-state index contributed by atoms with van der Waals surface area (Å²) in [7, 11) is 0. The first-order chi connectivity index (χ1) is 7.59. The maximum absolute atomic E-state index is 11.8. The number of halogens is 1. The number of hydrogen-bond acceptors (Lipinski definition) is 2. The molecule has 1 aliphatic heterocycles. The van der Waals surface area contributed by atoms with Crippen molar-refractivity contribution >= 4 is 28.6 Å². The minimum absolute atomic E-state index is 0.0769. The van der Waals surface area contributed by atoms with Crippen LogP contribution in [0, 0.1) is 0 Å². The van der Waals surface area contributed by atoms with Gasteiger partial charge in [-0.2, -0.15) is 0 Å². The summed E-state index contributed by atoms with van der Waals surface area (Å²) in [6.45, 7) is 1.50. The lowest BCUT2D eigenvalue weighted by Crippen LogP contribution is -2.42. The molecule has 2 rings (SSSR count). The molecule has 1 saturated heterocycles. The smallest absolute Gasteiger partial charge is 0.253 e. The molecule has 1 unspecified atom stereocenters. The Balaban J connectivity index is 2.31. The van der Waals surface area contributed by atoms with E-state index in [1.807, 2.05) is 0 Å². The highest BCUT2D eigenvalue weighted by Crippen LogP contribution is 2.22. The van der Waals surface area contributed by atoms with E-state index in [0.717, 1.165) is 19.5 Å². The Morgan fingerprint density at radius 3 is 2.62 bits per heavy atom. The van der Waals surface area contributed by atoms with Crippen LogP contribution in [0.15, 0.2) is 23.1 Å². The van der Waals surface area contributed by atoms with Crippen LogP contribution in [0.2, 0.25) is 5.02 Å². The van der Waals surface area contributed by atoms with E-state index in [-0.39, 0.29) is 15.8 Å². The summed E-state index contributed by atoms with van der Waals surface area (Å²) in [5, 5.41) is 0.195. The number of nitrogens with zero attached hydrogens (tertiary/aromatic N) is 1. The quantitative estimate of drug-likeness (QED) is 0.824. The third-order valence-electron chi connectivity index (χ3n) is 2.51. The molecule has 1 fully saturated rings. The minimum atomic E-state index is -2.17. The van der Waals surface area contributed by atoms with Crippen LogP contribution in [-0.4, -0.2) is 32.7 Å². The Morgan fingerprint density at radius 1 is 1.44 bits per heavy atom. The predicted molar refractivity (Wildman–Crippen MR) is 61.0 cm³/mol. The number of carbonyl (C=O) groups is 1. The zero-order chi connectivity index (χ0) is 11.7. The third kappa shape index (κ3) is 2.11. The molecule has 1 heterocycles. The standard InChI is InChI=1S/C10H10ClNO3S/c11-8-3-2-7(6-9(8)16(14)15)10(13)12-4-1-5-12/h2-3,6H,1,4-5H2,(H,14,15). The fourth-order valence-electron chi connectivity index (χ4n) is 1.47. The Hall–Kier alpha value is -0.910. The van der Waals surface area contributed by atoms with Gasteiger partial charge in [-0.05, 0) is 24.6 Å². The Morgan fingerprint density at radius 2 is 2.12 bits per heavy atom. The second-order valence-corrected chi connectivity index (χ2v) is 4.89. The van der Waals surface area contributed by atoms with E-state index in [1.165, 1.54) is 12.1 Å². The molecule has 6 heteroatoms. The molecule has 0 spiro atoms. The summed E-state index contributed by atoms with van der Waals surface area (Å²) in [5.74, 6) is -0.116. The normalized spacial score (nSPS) is 16.8. The van der Waals surface area contributed by atoms with Crippen molar-refractivity contribution in [2.24, 2.45) is 0 Å². The van der Waals surface area contributed by atoms with Crippen LogP contribution in [0.3, 0.4) is 0 Å². The third-order valence-corrected chi connectivity index (χ3v) is 3.67. The average molecular weight is 260 g/mol. The average Bonchev–Trinajstić information content (AvgIpc) is 2.15. The van der Waals surface area contributed by atoms with Crippen molar-refractivity contribution in [3.05, 3.63) is 28.8 Å². The molecule has 1 aromatic carbocycles. The van der Waals surface area contributed by atoms with Gasteiger partial charge in [0.15, 0.2) is 11.1 Å². The van der Waals surface area contributed by atoms with Crippen molar-refractivity contribution in [3.8, 4) is 0 Å². The maximum Gasteiger partial charge on any atom is 0.253 e. The van der Waals surface area contributed by atoms with Crippen molar-refractivity contribution in [1.29, 1.82) is 0 Å². The topological polar surface area (TPSA) is 57.6 Å². The van der Waals surface area contributed by atoms with Crippen molar-refractivity contribution in [1.82, 2.24) is 4.90 Å². The van der Waals surface area contributed by atoms with Gasteiger partial charge >= 0.3 is 0 Å². The monoisotopic (exact) mass is 259 g/mol. The second kappa shape index (κ2) is 4.53. The molecule has 0 bridgehead atoms. The van der Waals surface area contributed by atoms with Gasteiger partial charge in [0.1, 0.15) is 0 Å². The fraction of sp³-hybridized carbons (Fsp3) is 0.300. The van der Waals surface area contributed by atoms with E-state index >= 15 is 0 Å². The molecule has 86 valence electrons. The molecule has 1 N–H and O–H groups in total. The first-order valence-electron chi connectivity index (χ1n) is 4.79. The summed E-state index contributed by atoms with van der Waals surface area (Å²) < 4.78 is 19.9. The molecule has 1 aromatic rings. The zero-order valence-corrected chi connectivity index (χ0v) is 9.92. The van der Waals surface area contributed by atoms with Gasteiger partial charge in [-0.15, -0.1) is 0 Å². The fourth-order valence-corrected chi connectivity index (χ4v) is 2.25. The molecule has 1 amide bonds. The van der Waals surface area contributed by atoms with E-state index in [2.05, 4.69) is 0 Å². The first-order valence-corrected chi connectivity index (χ1v) is 6.28. The van der Waals surface area contributed by atoms with Gasteiger partial charge in [0.25, 0.3) is 5.91 Å². The Kier molecular flexibility index (Phi) is 3.28. The van der Waals surface area contributed by atoms with Crippen LogP contribution in [-0.2, 0) is 11.1 Å². The predicted octanol–water partition coefficient (Wildman–Crippen LogP) is 1.77. The molecule has 0 radical (unpaired) electrons. The van der Waals surface area contributed by atoms with Crippen molar-refractivity contribution in [2.75, 3.05) is 13.1 Å². The van der Waals surface area contributed by atoms with Crippen molar-refractivity contribution in [3.63, 3.8) is 0 Å². The number of amides is 1. The summed E-state index contributed by atoms with van der Waals surface area (Å²) >= 11 is 3.58. The van der Waals surface area contributed by atoms with E-state index in [9.17, 15) is 9.00 Å². The highest BCUT2D eigenvalue weighted by molar-refractivity contribution is 7.79. The van der Waals surface area contributed by atoms with Crippen LogP contribution >= 0.6 is 11.6 Å². The Labute approximate surface area is 100 Å². The molecule has 1 atom stereocenters. The summed E-state index contributed by atoms with van der Waals surface area (Å²) in [4.78, 5) is 13.6. The van der Waals surface area contributed by atoms with Crippen molar-refractivity contribution in [2.45, 2.75) is 11.3 Å². The zero-order valence-electron chi connectivity index (χ0n) is 8.35. The summed E-state index contributed by atoms with van der Waals surface area (Å²) in [5.41, 5.74) is 0.404. The number of rotatable bonds is 2. The van der Waals surface area contributed by atoms with Gasteiger partial charge in [-0.25, -0.2) is 4.21 Å². The van der Waals surface area contributed by atoms with E-state index in [1.54, 1.807) is 11.0 Å². The van der Waals surface area contributed by atoms with Gasteiger partial charge in [-0.3, -0.25) is 4.79 Å². The summed E-state index contributed by atoms with van der Waals surface area (Å²) in [6, 6.07) is 4.41. The minimum Gasteiger partial charge on any atom is -0.339 e. The molecule has 1 aliphatic rings.